The van der Waals surface area contributed by atoms with Gasteiger partial charge in [-0.3, -0.25) is 0 Å². The van der Waals surface area contributed by atoms with Gasteiger partial charge in [-0.1, -0.05) is 43.7 Å². The van der Waals surface area contributed by atoms with Gasteiger partial charge in [-0.25, -0.2) is 13.2 Å². The molecule has 3 nitrogen and oxygen atoms in total. The van der Waals surface area contributed by atoms with Crippen molar-refractivity contribution in [3.05, 3.63) is 95.8 Å². The smallest absolute Gasteiger partial charge is 0.165 e. The van der Waals surface area contributed by atoms with Gasteiger partial charge in [-0.15, -0.1) is 6.58 Å². The van der Waals surface area contributed by atoms with Crippen LogP contribution >= 0.6 is 0 Å². The second-order valence-corrected chi connectivity index (χ2v) is 7.63. The highest BCUT2D eigenvalue weighted by Gasteiger charge is 2.19. The van der Waals surface area contributed by atoms with Crippen LogP contribution in [0.25, 0.3) is 11.1 Å². The molecule has 0 heterocycles. The summed E-state index contributed by atoms with van der Waals surface area (Å²) in [4.78, 5) is 0. The number of aliphatic hydroxyl groups excluding tert-OH is 1. The molecule has 0 aliphatic carbocycles. The zero-order valence-electron chi connectivity index (χ0n) is 18.5. The van der Waals surface area contributed by atoms with Crippen LogP contribution in [0.4, 0.5) is 13.2 Å². The van der Waals surface area contributed by atoms with E-state index in [2.05, 4.69) is 6.58 Å². The Kier molecular flexibility index (Phi) is 8.55. The molecule has 0 aliphatic rings. The monoisotopic (exact) mass is 456 g/mol. The van der Waals surface area contributed by atoms with Crippen molar-refractivity contribution in [2.45, 2.75) is 38.9 Å². The Morgan fingerprint density at radius 2 is 1.67 bits per heavy atom. The van der Waals surface area contributed by atoms with Crippen molar-refractivity contribution in [1.29, 1.82) is 0 Å². The van der Waals surface area contributed by atoms with Gasteiger partial charge in [0.15, 0.2) is 11.6 Å². The molecule has 0 amide bonds. The van der Waals surface area contributed by atoms with Crippen molar-refractivity contribution >= 4 is 0 Å². The standard InChI is InChI=1S/C27H27F3O3/c1-3-5-15-32-21-12-14-22(24(28)16-21)18-7-10-20(11-8-18)33-17-19-9-13-23(25(31)6-4-2)27(30)26(19)29/h3,7-14,16,25,31H,1,4-6,15,17H2,2H3. The maximum Gasteiger partial charge on any atom is 0.165 e. The Labute approximate surface area is 192 Å². The van der Waals surface area contributed by atoms with E-state index in [1.807, 2.05) is 6.92 Å². The highest BCUT2D eigenvalue weighted by molar-refractivity contribution is 5.65. The minimum Gasteiger partial charge on any atom is -0.493 e. The van der Waals surface area contributed by atoms with Crippen LogP contribution in [0.3, 0.4) is 0 Å². The molecule has 1 unspecified atom stereocenters. The second kappa shape index (κ2) is 11.6. The average Bonchev–Trinajstić information content (AvgIpc) is 2.81. The van der Waals surface area contributed by atoms with Gasteiger partial charge in [0, 0.05) is 22.8 Å². The molecule has 0 aromatic heterocycles. The highest BCUT2D eigenvalue weighted by atomic mass is 19.2. The predicted octanol–water partition coefficient (Wildman–Crippen LogP) is 7.14. The lowest BCUT2D eigenvalue weighted by molar-refractivity contribution is 0.160. The topological polar surface area (TPSA) is 38.7 Å². The summed E-state index contributed by atoms with van der Waals surface area (Å²) < 4.78 is 54.3. The molecule has 0 radical (unpaired) electrons. The molecule has 0 spiro atoms. The van der Waals surface area contributed by atoms with E-state index in [4.69, 9.17) is 9.47 Å². The summed E-state index contributed by atoms with van der Waals surface area (Å²) in [5, 5.41) is 9.95. The molecular formula is C27H27F3O3. The first-order valence-corrected chi connectivity index (χ1v) is 10.9. The molecule has 0 aliphatic heterocycles. The van der Waals surface area contributed by atoms with Gasteiger partial charge in [0.05, 0.1) is 12.7 Å². The number of halogens is 3. The molecule has 33 heavy (non-hydrogen) atoms. The van der Waals surface area contributed by atoms with E-state index < -0.39 is 23.6 Å². The van der Waals surface area contributed by atoms with E-state index in [1.165, 1.54) is 18.2 Å². The van der Waals surface area contributed by atoms with Crippen LogP contribution in [-0.2, 0) is 6.61 Å². The Morgan fingerprint density at radius 3 is 2.33 bits per heavy atom. The molecule has 1 N–H and O–H groups in total. The molecule has 3 aromatic carbocycles. The molecular weight excluding hydrogens is 429 g/mol. The van der Waals surface area contributed by atoms with Crippen molar-refractivity contribution in [3.63, 3.8) is 0 Å². The average molecular weight is 457 g/mol. The Morgan fingerprint density at radius 1 is 0.939 bits per heavy atom. The molecule has 0 saturated carbocycles. The third-order valence-electron chi connectivity index (χ3n) is 5.20. The van der Waals surface area contributed by atoms with E-state index in [1.54, 1.807) is 42.5 Å². The van der Waals surface area contributed by atoms with Crippen LogP contribution < -0.4 is 9.47 Å². The number of hydrogen-bond acceptors (Lipinski definition) is 3. The lowest BCUT2D eigenvalue weighted by atomic mass is 10.0. The van der Waals surface area contributed by atoms with Crippen molar-refractivity contribution in [2.75, 3.05) is 6.61 Å². The fourth-order valence-corrected chi connectivity index (χ4v) is 3.37. The van der Waals surface area contributed by atoms with Gasteiger partial charge >= 0.3 is 0 Å². The zero-order valence-corrected chi connectivity index (χ0v) is 18.5. The third kappa shape index (κ3) is 6.17. The van der Waals surface area contributed by atoms with Gasteiger partial charge in [-0.2, -0.15) is 0 Å². The van der Waals surface area contributed by atoms with Gasteiger partial charge in [0.2, 0.25) is 0 Å². The Bertz CT molecular complexity index is 1080. The highest BCUT2D eigenvalue weighted by Crippen LogP contribution is 2.29. The van der Waals surface area contributed by atoms with Crippen LogP contribution in [0.1, 0.15) is 43.4 Å². The first kappa shape index (κ1) is 24.4. The minimum absolute atomic E-state index is 0.0436. The quantitative estimate of drug-likeness (QED) is 0.246. The van der Waals surface area contributed by atoms with E-state index in [0.717, 1.165) is 0 Å². The molecule has 1 atom stereocenters. The largest absolute Gasteiger partial charge is 0.493 e. The molecule has 174 valence electrons. The van der Waals surface area contributed by atoms with Gasteiger partial charge in [0.1, 0.15) is 23.9 Å². The minimum atomic E-state index is -1.06. The Hall–Kier alpha value is -3.25. The fourth-order valence-electron chi connectivity index (χ4n) is 3.37. The molecule has 0 saturated heterocycles. The van der Waals surface area contributed by atoms with Crippen LogP contribution in [0.15, 0.2) is 67.3 Å². The summed E-state index contributed by atoms with van der Waals surface area (Å²) in [7, 11) is 0. The van der Waals surface area contributed by atoms with Gasteiger partial charge in [0.25, 0.3) is 0 Å². The van der Waals surface area contributed by atoms with Crippen molar-refractivity contribution in [1.82, 2.24) is 0 Å². The lowest BCUT2D eigenvalue weighted by Crippen LogP contribution is -2.07. The third-order valence-corrected chi connectivity index (χ3v) is 5.20. The van der Waals surface area contributed by atoms with Gasteiger partial charge < -0.3 is 14.6 Å². The van der Waals surface area contributed by atoms with E-state index in [0.29, 0.717) is 48.5 Å². The summed E-state index contributed by atoms with van der Waals surface area (Å²) in [6, 6.07) is 14.1. The van der Waals surface area contributed by atoms with E-state index >= 15 is 0 Å². The van der Waals surface area contributed by atoms with Crippen LogP contribution in [0.5, 0.6) is 11.5 Å². The van der Waals surface area contributed by atoms with E-state index in [-0.39, 0.29) is 17.7 Å². The lowest BCUT2D eigenvalue weighted by Gasteiger charge is -2.14. The number of rotatable bonds is 11. The number of aliphatic hydroxyl groups is 1. The molecule has 6 heteroatoms. The molecule has 3 rings (SSSR count). The summed E-state index contributed by atoms with van der Waals surface area (Å²) in [5.74, 6) is -1.63. The zero-order chi connectivity index (χ0) is 23.8. The predicted molar refractivity (Wildman–Crippen MR) is 123 cm³/mol. The van der Waals surface area contributed by atoms with E-state index in [9.17, 15) is 18.3 Å². The van der Waals surface area contributed by atoms with Crippen molar-refractivity contribution in [3.8, 4) is 22.6 Å². The normalized spacial score (nSPS) is 11.8. The first-order chi connectivity index (χ1) is 15.9. The van der Waals surface area contributed by atoms with Crippen LogP contribution in [-0.4, -0.2) is 11.7 Å². The summed E-state index contributed by atoms with van der Waals surface area (Å²) in [5.41, 5.74) is 1.04. The Balaban J connectivity index is 1.66. The van der Waals surface area contributed by atoms with Gasteiger partial charge in [-0.05, 0) is 42.7 Å². The molecule has 0 fully saturated rings. The number of hydrogen-bond donors (Lipinski definition) is 1. The molecule has 0 bridgehead atoms. The molecule has 3 aromatic rings. The van der Waals surface area contributed by atoms with Crippen molar-refractivity contribution < 1.29 is 27.8 Å². The maximum absolute atomic E-state index is 14.5. The second-order valence-electron chi connectivity index (χ2n) is 7.63. The maximum atomic E-state index is 14.5. The first-order valence-electron chi connectivity index (χ1n) is 10.9. The summed E-state index contributed by atoms with van der Waals surface area (Å²) in [6.07, 6.45) is 2.36. The fraction of sp³-hybridized carbons (Fsp3) is 0.259. The summed E-state index contributed by atoms with van der Waals surface area (Å²) in [6.45, 7) is 5.72. The van der Waals surface area contributed by atoms with Crippen LogP contribution in [0.2, 0.25) is 0 Å². The van der Waals surface area contributed by atoms with Crippen LogP contribution in [0, 0.1) is 17.5 Å². The number of ether oxygens (including phenoxy) is 2. The summed E-state index contributed by atoms with van der Waals surface area (Å²) >= 11 is 0. The number of benzene rings is 3. The SMILES string of the molecule is C=CCCOc1ccc(-c2ccc(OCc3ccc(C(O)CCC)c(F)c3F)cc2)c(F)c1. The van der Waals surface area contributed by atoms with Crippen molar-refractivity contribution in [2.24, 2.45) is 0 Å².